The van der Waals surface area contributed by atoms with Gasteiger partial charge in [-0.25, -0.2) is 9.97 Å². The predicted molar refractivity (Wildman–Crippen MR) is 132 cm³/mol. The Hall–Kier alpha value is -3.04. The summed E-state index contributed by atoms with van der Waals surface area (Å²) < 4.78 is 0. The highest BCUT2D eigenvalue weighted by Crippen LogP contribution is 2.29. The van der Waals surface area contributed by atoms with Gasteiger partial charge in [0, 0.05) is 57.3 Å². The largest absolute Gasteiger partial charge is 0.391 e. The minimum absolute atomic E-state index is 0.0390. The fraction of sp³-hybridized carbons (Fsp3) is 0.538. The third kappa shape index (κ3) is 5.46. The second-order valence-corrected chi connectivity index (χ2v) is 9.98. The van der Waals surface area contributed by atoms with Crippen LogP contribution in [0.4, 0.5) is 5.82 Å². The van der Waals surface area contributed by atoms with Gasteiger partial charge in [0.05, 0.1) is 6.10 Å². The number of hydrogen-bond donors (Lipinski definition) is 3. The lowest BCUT2D eigenvalue weighted by Gasteiger charge is -2.35. The van der Waals surface area contributed by atoms with Gasteiger partial charge in [-0.3, -0.25) is 14.5 Å². The van der Waals surface area contributed by atoms with E-state index in [9.17, 15) is 14.7 Å². The van der Waals surface area contributed by atoms with E-state index in [-0.39, 0.29) is 29.9 Å². The summed E-state index contributed by atoms with van der Waals surface area (Å²) in [5, 5.41) is 17.2. The molecule has 0 spiro atoms. The molecule has 0 bridgehead atoms. The quantitative estimate of drug-likeness (QED) is 0.598. The van der Waals surface area contributed by atoms with Crippen molar-refractivity contribution >= 4 is 17.6 Å². The Morgan fingerprint density at radius 2 is 1.80 bits per heavy atom. The van der Waals surface area contributed by atoms with Crippen molar-refractivity contribution in [3.63, 3.8) is 0 Å². The summed E-state index contributed by atoms with van der Waals surface area (Å²) in [7, 11) is 0. The molecule has 2 aromatic rings. The predicted octanol–water partition coefficient (Wildman–Crippen LogP) is 1.58. The maximum atomic E-state index is 12.9. The number of aliphatic hydroxyl groups is 1. The number of aromatic nitrogens is 2. The number of piperidine rings is 1. The molecule has 2 amide bonds. The van der Waals surface area contributed by atoms with E-state index in [2.05, 4.69) is 49.8 Å². The van der Waals surface area contributed by atoms with Gasteiger partial charge >= 0.3 is 0 Å². The van der Waals surface area contributed by atoms with Crippen LogP contribution >= 0.6 is 0 Å². The van der Waals surface area contributed by atoms with Crippen LogP contribution in [0.3, 0.4) is 0 Å². The summed E-state index contributed by atoms with van der Waals surface area (Å²) in [6.07, 6.45) is 4.87. The second-order valence-electron chi connectivity index (χ2n) is 9.98. The molecule has 1 aliphatic carbocycles. The lowest BCUT2D eigenvalue weighted by molar-refractivity contribution is -0.129. The standard InChI is InChI=1S/C26H34N6O3/c1-17(33)31-10-7-20(8-11-31)29-25-14-22(27-16-28-25)26(35)30-21-12-23(24(34)13-21)32-9-6-18-4-2-3-5-19(18)15-32/h2-5,14,16,20-21,23-24,34H,6-13,15H2,1H3,(H,30,35)(H,27,28,29)/t21-,23?,24-/m0/s1. The van der Waals surface area contributed by atoms with Crippen LogP contribution in [-0.4, -0.2) is 80.6 Å². The summed E-state index contributed by atoms with van der Waals surface area (Å²) in [5.41, 5.74) is 3.03. The molecule has 35 heavy (non-hydrogen) atoms. The van der Waals surface area contributed by atoms with Gasteiger partial charge in [-0.15, -0.1) is 0 Å². The van der Waals surface area contributed by atoms with Crippen molar-refractivity contribution < 1.29 is 14.7 Å². The Kier molecular flexibility index (Phi) is 6.97. The smallest absolute Gasteiger partial charge is 0.270 e. The van der Waals surface area contributed by atoms with Crippen molar-refractivity contribution in [1.82, 2.24) is 25.1 Å². The van der Waals surface area contributed by atoms with Crippen LogP contribution in [0.15, 0.2) is 36.7 Å². The molecule has 3 aliphatic rings. The number of rotatable bonds is 5. The van der Waals surface area contributed by atoms with E-state index in [0.29, 0.717) is 17.9 Å². The number of nitrogens with one attached hydrogen (secondary N) is 2. The number of aliphatic hydroxyl groups excluding tert-OH is 1. The van der Waals surface area contributed by atoms with Gasteiger partial charge in [0.1, 0.15) is 17.8 Å². The zero-order chi connectivity index (χ0) is 24.4. The first-order valence-corrected chi connectivity index (χ1v) is 12.6. The number of carbonyl (C=O) groups is 2. The number of fused-ring (bicyclic) bond motifs is 1. The van der Waals surface area contributed by atoms with Crippen LogP contribution in [-0.2, 0) is 17.8 Å². The molecular weight excluding hydrogens is 444 g/mol. The van der Waals surface area contributed by atoms with Crippen molar-refractivity contribution in [2.75, 3.05) is 25.0 Å². The summed E-state index contributed by atoms with van der Waals surface area (Å²) in [4.78, 5) is 37.1. The number of carbonyl (C=O) groups excluding carboxylic acids is 2. The first kappa shape index (κ1) is 23.7. The first-order valence-electron chi connectivity index (χ1n) is 12.6. The van der Waals surface area contributed by atoms with Crippen LogP contribution in [0.1, 0.15) is 54.2 Å². The molecule has 3 N–H and O–H groups in total. The molecule has 186 valence electrons. The van der Waals surface area contributed by atoms with E-state index in [0.717, 1.165) is 51.9 Å². The highest BCUT2D eigenvalue weighted by Gasteiger charge is 2.38. The molecule has 3 heterocycles. The number of nitrogens with zero attached hydrogens (tertiary/aromatic N) is 4. The Morgan fingerprint density at radius 3 is 2.57 bits per heavy atom. The van der Waals surface area contributed by atoms with Crippen molar-refractivity contribution in [3.8, 4) is 0 Å². The van der Waals surface area contributed by atoms with Gasteiger partial charge < -0.3 is 20.6 Å². The minimum atomic E-state index is -0.464. The van der Waals surface area contributed by atoms with Crippen LogP contribution in [0.2, 0.25) is 0 Å². The number of likely N-dealkylation sites (tertiary alicyclic amines) is 1. The van der Waals surface area contributed by atoms with E-state index in [4.69, 9.17) is 0 Å². The molecule has 9 heteroatoms. The van der Waals surface area contributed by atoms with Crippen LogP contribution in [0.5, 0.6) is 0 Å². The fourth-order valence-electron chi connectivity index (χ4n) is 5.67. The van der Waals surface area contributed by atoms with Gasteiger partial charge in [0.15, 0.2) is 0 Å². The first-order chi connectivity index (χ1) is 17.0. The highest BCUT2D eigenvalue weighted by atomic mass is 16.3. The van der Waals surface area contributed by atoms with Gasteiger partial charge in [-0.1, -0.05) is 24.3 Å². The molecule has 3 atom stereocenters. The molecule has 1 saturated heterocycles. The Labute approximate surface area is 205 Å². The zero-order valence-corrected chi connectivity index (χ0v) is 20.2. The van der Waals surface area contributed by atoms with E-state index < -0.39 is 6.10 Å². The fourth-order valence-corrected chi connectivity index (χ4v) is 5.67. The molecule has 0 radical (unpaired) electrons. The molecule has 5 rings (SSSR count). The number of hydrogen-bond acceptors (Lipinski definition) is 7. The topological polar surface area (TPSA) is 111 Å². The van der Waals surface area contributed by atoms with Crippen LogP contribution in [0.25, 0.3) is 0 Å². The lowest BCUT2D eigenvalue weighted by Crippen LogP contribution is -2.43. The van der Waals surface area contributed by atoms with Gasteiger partial charge in [-0.05, 0) is 43.2 Å². The average Bonchev–Trinajstić information content (AvgIpc) is 3.24. The van der Waals surface area contributed by atoms with Crippen molar-refractivity contribution in [2.45, 2.75) is 69.8 Å². The zero-order valence-electron chi connectivity index (χ0n) is 20.2. The molecule has 2 aliphatic heterocycles. The number of anilines is 1. The minimum Gasteiger partial charge on any atom is -0.391 e. The van der Waals surface area contributed by atoms with Crippen molar-refractivity contribution in [1.29, 1.82) is 0 Å². The van der Waals surface area contributed by atoms with E-state index in [1.165, 1.54) is 17.5 Å². The summed E-state index contributed by atoms with van der Waals surface area (Å²) in [5.74, 6) is 0.472. The molecule has 9 nitrogen and oxygen atoms in total. The summed E-state index contributed by atoms with van der Waals surface area (Å²) >= 11 is 0. The molecule has 1 aromatic heterocycles. The molecule has 1 unspecified atom stereocenters. The molecule has 1 aromatic carbocycles. The number of benzene rings is 1. The Morgan fingerprint density at radius 1 is 1.03 bits per heavy atom. The van der Waals surface area contributed by atoms with Crippen LogP contribution in [0, 0.1) is 0 Å². The van der Waals surface area contributed by atoms with Gasteiger partial charge in [-0.2, -0.15) is 0 Å². The average molecular weight is 479 g/mol. The summed E-state index contributed by atoms with van der Waals surface area (Å²) in [6.45, 7) is 4.80. The molecule has 1 saturated carbocycles. The third-order valence-electron chi connectivity index (χ3n) is 7.65. The van der Waals surface area contributed by atoms with Crippen LogP contribution < -0.4 is 10.6 Å². The number of amides is 2. The van der Waals surface area contributed by atoms with E-state index in [1.54, 1.807) is 13.0 Å². The monoisotopic (exact) mass is 478 g/mol. The maximum absolute atomic E-state index is 12.9. The molecular formula is C26H34N6O3. The normalized spacial score (nSPS) is 25.2. The second kappa shape index (κ2) is 10.3. The summed E-state index contributed by atoms with van der Waals surface area (Å²) in [6, 6.07) is 10.3. The molecule has 2 fully saturated rings. The SMILES string of the molecule is CC(=O)N1CCC(Nc2cc(C(=O)N[C@H]3CC(N4CCc5ccccc5C4)[C@@H](O)C3)ncn2)CC1. The highest BCUT2D eigenvalue weighted by molar-refractivity contribution is 5.93. The van der Waals surface area contributed by atoms with Gasteiger partial charge in [0.2, 0.25) is 5.91 Å². The Bertz CT molecular complexity index is 1070. The van der Waals surface area contributed by atoms with E-state index in [1.807, 2.05) is 4.90 Å². The lowest BCUT2D eigenvalue weighted by atomic mass is 9.98. The third-order valence-corrected chi connectivity index (χ3v) is 7.65. The van der Waals surface area contributed by atoms with Crippen molar-refractivity contribution in [2.24, 2.45) is 0 Å². The van der Waals surface area contributed by atoms with Gasteiger partial charge in [0.25, 0.3) is 5.91 Å². The Balaban J connectivity index is 1.15. The van der Waals surface area contributed by atoms with Crippen molar-refractivity contribution in [3.05, 3.63) is 53.5 Å². The maximum Gasteiger partial charge on any atom is 0.270 e. The van der Waals surface area contributed by atoms with E-state index >= 15 is 0 Å².